The Bertz CT molecular complexity index is 1410. The first-order valence-electron chi connectivity index (χ1n) is 10.7. The highest BCUT2D eigenvalue weighted by atomic mass is 35.5. The smallest absolute Gasteiger partial charge is 0.328 e. The molecule has 0 amide bonds. The number of rotatable bonds is 5. The summed E-state index contributed by atoms with van der Waals surface area (Å²) in [6.45, 7) is 4.49. The average molecular weight is 467 g/mol. The number of nitrogens with zero attached hydrogens (tertiary/aromatic N) is 4. The number of halogens is 1. The molecule has 0 saturated carbocycles. The summed E-state index contributed by atoms with van der Waals surface area (Å²) in [5.74, 6) is 0. The maximum atomic E-state index is 12.1. The number of nitrogens with one attached hydrogen (secondary N) is 2. The summed E-state index contributed by atoms with van der Waals surface area (Å²) in [6.07, 6.45) is 5.42. The molecular weight excluding hydrogens is 444 g/mol. The minimum Gasteiger partial charge on any atom is -0.375 e. The van der Waals surface area contributed by atoms with E-state index in [4.69, 9.17) is 16.3 Å². The molecule has 1 aliphatic rings. The number of hydrogen-bond donors (Lipinski definition) is 2. The SMILES string of the molecule is Cc1cc(Cl)cc(-c2ncnn3cc(Cn4c(=O)cc[nH]c4=O)cc23)c1CC1CNCCO1. The summed E-state index contributed by atoms with van der Waals surface area (Å²) < 4.78 is 8.79. The summed E-state index contributed by atoms with van der Waals surface area (Å²) in [5, 5.41) is 8.33. The van der Waals surface area contributed by atoms with Crippen LogP contribution in [0.25, 0.3) is 16.8 Å². The van der Waals surface area contributed by atoms with E-state index < -0.39 is 5.69 Å². The van der Waals surface area contributed by atoms with Gasteiger partial charge in [0.15, 0.2) is 0 Å². The van der Waals surface area contributed by atoms with Gasteiger partial charge >= 0.3 is 5.69 Å². The molecule has 0 aliphatic carbocycles. The maximum absolute atomic E-state index is 12.1. The fourth-order valence-corrected chi connectivity index (χ4v) is 4.57. The Morgan fingerprint density at radius 2 is 2.15 bits per heavy atom. The van der Waals surface area contributed by atoms with Gasteiger partial charge in [0.25, 0.3) is 5.56 Å². The van der Waals surface area contributed by atoms with Gasteiger partial charge in [-0.2, -0.15) is 5.10 Å². The largest absolute Gasteiger partial charge is 0.375 e. The predicted molar refractivity (Wildman–Crippen MR) is 125 cm³/mol. The molecule has 170 valence electrons. The first-order valence-corrected chi connectivity index (χ1v) is 11.1. The van der Waals surface area contributed by atoms with E-state index in [1.54, 1.807) is 10.7 Å². The van der Waals surface area contributed by atoms with Crippen molar-refractivity contribution in [2.75, 3.05) is 19.7 Å². The van der Waals surface area contributed by atoms with Crippen molar-refractivity contribution in [2.24, 2.45) is 0 Å². The molecule has 5 rings (SSSR count). The highest BCUT2D eigenvalue weighted by Gasteiger charge is 2.21. The Morgan fingerprint density at radius 1 is 1.27 bits per heavy atom. The van der Waals surface area contributed by atoms with Gasteiger partial charge in [0.05, 0.1) is 30.5 Å². The zero-order valence-corrected chi connectivity index (χ0v) is 18.8. The fourth-order valence-electron chi connectivity index (χ4n) is 4.30. The van der Waals surface area contributed by atoms with Crippen LogP contribution in [0.15, 0.2) is 52.6 Å². The molecule has 1 aromatic carbocycles. The first-order chi connectivity index (χ1) is 16.0. The van der Waals surface area contributed by atoms with Crippen LogP contribution in [0.1, 0.15) is 16.7 Å². The first kappa shape index (κ1) is 21.6. The number of hydrogen-bond acceptors (Lipinski definition) is 6. The number of benzene rings is 1. The second-order valence-corrected chi connectivity index (χ2v) is 8.58. The molecule has 4 aromatic rings. The van der Waals surface area contributed by atoms with Gasteiger partial charge in [-0.05, 0) is 41.8 Å². The number of H-pyrrole nitrogens is 1. The van der Waals surface area contributed by atoms with Gasteiger partial charge in [-0.25, -0.2) is 14.3 Å². The summed E-state index contributed by atoms with van der Waals surface area (Å²) in [4.78, 5) is 31.3. The molecule has 1 fully saturated rings. The molecule has 4 heterocycles. The van der Waals surface area contributed by atoms with E-state index in [1.165, 1.54) is 18.6 Å². The number of aryl methyl sites for hydroxylation is 1. The molecule has 1 aliphatic heterocycles. The number of aromatic nitrogens is 5. The zero-order valence-electron chi connectivity index (χ0n) is 18.0. The van der Waals surface area contributed by atoms with Gasteiger partial charge in [0.2, 0.25) is 0 Å². The van der Waals surface area contributed by atoms with E-state index in [1.807, 2.05) is 25.1 Å². The van der Waals surface area contributed by atoms with Gasteiger partial charge < -0.3 is 15.0 Å². The lowest BCUT2D eigenvalue weighted by Crippen LogP contribution is -2.39. The van der Waals surface area contributed by atoms with E-state index in [-0.39, 0.29) is 18.2 Å². The van der Waals surface area contributed by atoms with Crippen molar-refractivity contribution in [1.82, 2.24) is 29.5 Å². The van der Waals surface area contributed by atoms with Crippen molar-refractivity contribution in [3.05, 3.63) is 85.5 Å². The summed E-state index contributed by atoms with van der Waals surface area (Å²) in [7, 11) is 0. The second kappa shape index (κ2) is 8.93. The Kier molecular flexibility index (Phi) is 5.84. The van der Waals surface area contributed by atoms with Gasteiger partial charge in [-0.1, -0.05) is 11.6 Å². The van der Waals surface area contributed by atoms with Crippen molar-refractivity contribution >= 4 is 17.1 Å². The van der Waals surface area contributed by atoms with Crippen molar-refractivity contribution < 1.29 is 4.74 Å². The van der Waals surface area contributed by atoms with Gasteiger partial charge in [0.1, 0.15) is 6.33 Å². The highest BCUT2D eigenvalue weighted by molar-refractivity contribution is 6.31. The number of fused-ring (bicyclic) bond motifs is 1. The molecule has 2 N–H and O–H groups in total. The molecule has 1 unspecified atom stereocenters. The summed E-state index contributed by atoms with van der Waals surface area (Å²) >= 11 is 6.44. The minimum atomic E-state index is -0.460. The van der Waals surface area contributed by atoms with Gasteiger partial charge in [-0.15, -0.1) is 0 Å². The molecule has 0 spiro atoms. The van der Waals surface area contributed by atoms with Crippen molar-refractivity contribution in [2.45, 2.75) is 26.0 Å². The molecule has 10 heteroatoms. The van der Waals surface area contributed by atoms with E-state index in [0.29, 0.717) is 11.6 Å². The third-order valence-electron chi connectivity index (χ3n) is 5.88. The lowest BCUT2D eigenvalue weighted by Gasteiger charge is -2.25. The Hall–Kier alpha value is -3.27. The standard InChI is InChI=1S/C23H23ClN6O3/c1-14-6-16(24)8-19(18(14)9-17-10-25-4-5-33-17)22-20-7-15(12-30(20)28-13-27-22)11-29-21(31)2-3-26-23(29)32/h2-3,6-8,12-13,17,25H,4-5,9-11H2,1H3,(H,26,32). The number of morpholine rings is 1. The highest BCUT2D eigenvalue weighted by Crippen LogP contribution is 2.33. The molecule has 9 nitrogen and oxygen atoms in total. The van der Waals surface area contributed by atoms with Crippen molar-refractivity contribution in [3.8, 4) is 11.3 Å². The van der Waals surface area contributed by atoms with Crippen LogP contribution in [0, 0.1) is 6.92 Å². The van der Waals surface area contributed by atoms with Crippen LogP contribution in [0.3, 0.4) is 0 Å². The predicted octanol–water partition coefficient (Wildman–Crippen LogP) is 1.79. The van der Waals surface area contributed by atoms with Gasteiger partial charge in [0, 0.05) is 48.6 Å². The molecule has 33 heavy (non-hydrogen) atoms. The van der Waals surface area contributed by atoms with Crippen molar-refractivity contribution in [1.29, 1.82) is 0 Å². The molecule has 1 atom stereocenters. The Balaban J connectivity index is 1.59. The lowest BCUT2D eigenvalue weighted by molar-refractivity contribution is 0.0292. The fraction of sp³-hybridized carbons (Fsp3) is 0.304. The Morgan fingerprint density at radius 3 is 2.94 bits per heavy atom. The maximum Gasteiger partial charge on any atom is 0.328 e. The van der Waals surface area contributed by atoms with Crippen LogP contribution in [0.2, 0.25) is 5.02 Å². The summed E-state index contributed by atoms with van der Waals surface area (Å²) in [5.41, 5.74) is 4.53. The topological polar surface area (TPSA) is 106 Å². The Labute approximate surface area is 194 Å². The van der Waals surface area contributed by atoms with Crippen LogP contribution in [-0.4, -0.2) is 49.9 Å². The van der Waals surface area contributed by atoms with Crippen LogP contribution in [-0.2, 0) is 17.7 Å². The van der Waals surface area contributed by atoms with Gasteiger partial charge in [-0.3, -0.25) is 9.36 Å². The van der Waals surface area contributed by atoms with E-state index in [2.05, 4.69) is 20.4 Å². The number of aromatic amines is 1. The molecule has 3 aromatic heterocycles. The lowest BCUT2D eigenvalue weighted by atomic mass is 9.94. The van der Waals surface area contributed by atoms with E-state index in [9.17, 15) is 9.59 Å². The van der Waals surface area contributed by atoms with Crippen LogP contribution >= 0.6 is 11.6 Å². The average Bonchev–Trinajstić information content (AvgIpc) is 3.22. The third kappa shape index (κ3) is 4.35. The van der Waals surface area contributed by atoms with Crippen LogP contribution in [0.4, 0.5) is 0 Å². The molecule has 0 bridgehead atoms. The second-order valence-electron chi connectivity index (χ2n) is 8.14. The van der Waals surface area contributed by atoms with Crippen LogP contribution in [0.5, 0.6) is 0 Å². The molecule has 0 radical (unpaired) electrons. The van der Waals surface area contributed by atoms with Crippen molar-refractivity contribution in [3.63, 3.8) is 0 Å². The van der Waals surface area contributed by atoms with E-state index >= 15 is 0 Å². The normalized spacial score (nSPS) is 16.4. The minimum absolute atomic E-state index is 0.0641. The molecule has 1 saturated heterocycles. The molecular formula is C23H23ClN6O3. The summed E-state index contributed by atoms with van der Waals surface area (Å²) in [6, 6.07) is 7.09. The quantitative estimate of drug-likeness (QED) is 0.464. The third-order valence-corrected chi connectivity index (χ3v) is 6.09. The number of ether oxygens (including phenoxy) is 1. The zero-order chi connectivity index (χ0) is 22.9. The van der Waals surface area contributed by atoms with E-state index in [0.717, 1.165) is 57.5 Å². The van der Waals surface area contributed by atoms with Crippen LogP contribution < -0.4 is 16.6 Å². The monoisotopic (exact) mass is 466 g/mol.